The molecule has 0 radical (unpaired) electrons. The van der Waals surface area contributed by atoms with E-state index in [1.165, 1.54) is 11.3 Å². The molecule has 0 atom stereocenters. The van der Waals surface area contributed by atoms with Crippen molar-refractivity contribution >= 4 is 28.4 Å². The summed E-state index contributed by atoms with van der Waals surface area (Å²) in [5, 5.41) is 6.80. The minimum atomic E-state index is 0.865. The van der Waals surface area contributed by atoms with E-state index >= 15 is 0 Å². The van der Waals surface area contributed by atoms with Crippen molar-refractivity contribution in [2.75, 3.05) is 17.2 Å². The monoisotopic (exact) mass is 264 g/mol. The van der Waals surface area contributed by atoms with Gasteiger partial charge in [0.25, 0.3) is 0 Å². The van der Waals surface area contributed by atoms with Crippen LogP contribution in [0.3, 0.4) is 0 Å². The standard InChI is InChI=1S/C16H16N4/c1-20-15-5-3-2-4-13(15)19-16(20)18-12-7-6-11-8-9-17-14(11)10-12/h2-7,10,17H,8-9H2,1H3,(H,18,19). The minimum Gasteiger partial charge on any atom is -0.384 e. The number of anilines is 3. The molecule has 4 rings (SSSR count). The average Bonchev–Trinajstić information content (AvgIpc) is 3.05. The molecular weight excluding hydrogens is 248 g/mol. The number of imidazole rings is 1. The van der Waals surface area contributed by atoms with Crippen molar-refractivity contribution in [3.05, 3.63) is 48.0 Å². The summed E-state index contributed by atoms with van der Waals surface area (Å²) in [5.74, 6) is 0.865. The molecular formula is C16H16N4. The highest BCUT2D eigenvalue weighted by molar-refractivity contribution is 5.79. The van der Waals surface area contributed by atoms with Gasteiger partial charge in [-0.2, -0.15) is 0 Å². The smallest absolute Gasteiger partial charge is 0.208 e. The quantitative estimate of drug-likeness (QED) is 0.746. The van der Waals surface area contributed by atoms with Gasteiger partial charge in [-0.15, -0.1) is 0 Å². The second-order valence-corrected chi connectivity index (χ2v) is 5.16. The highest BCUT2D eigenvalue weighted by Gasteiger charge is 2.11. The largest absolute Gasteiger partial charge is 0.384 e. The fourth-order valence-corrected chi connectivity index (χ4v) is 2.76. The van der Waals surface area contributed by atoms with E-state index in [1.54, 1.807) is 0 Å². The van der Waals surface area contributed by atoms with E-state index in [4.69, 9.17) is 0 Å². The second-order valence-electron chi connectivity index (χ2n) is 5.16. The van der Waals surface area contributed by atoms with Crippen molar-refractivity contribution in [1.82, 2.24) is 9.55 Å². The van der Waals surface area contributed by atoms with Crippen LogP contribution in [0.2, 0.25) is 0 Å². The molecule has 20 heavy (non-hydrogen) atoms. The molecule has 4 heteroatoms. The van der Waals surface area contributed by atoms with E-state index in [9.17, 15) is 0 Å². The van der Waals surface area contributed by atoms with Crippen molar-refractivity contribution < 1.29 is 0 Å². The summed E-state index contributed by atoms with van der Waals surface area (Å²) in [4.78, 5) is 4.63. The van der Waals surface area contributed by atoms with Gasteiger partial charge in [-0.25, -0.2) is 4.98 Å². The van der Waals surface area contributed by atoms with E-state index < -0.39 is 0 Å². The third-order valence-corrected chi connectivity index (χ3v) is 3.86. The van der Waals surface area contributed by atoms with Gasteiger partial charge in [-0.3, -0.25) is 0 Å². The van der Waals surface area contributed by atoms with Crippen molar-refractivity contribution in [2.24, 2.45) is 7.05 Å². The fourth-order valence-electron chi connectivity index (χ4n) is 2.76. The Morgan fingerprint density at radius 1 is 1.20 bits per heavy atom. The summed E-state index contributed by atoms with van der Waals surface area (Å²) in [6.45, 7) is 1.03. The van der Waals surface area contributed by atoms with Crippen LogP contribution >= 0.6 is 0 Å². The lowest BCUT2D eigenvalue weighted by Crippen LogP contribution is -1.99. The van der Waals surface area contributed by atoms with Crippen LogP contribution in [0.1, 0.15) is 5.56 Å². The summed E-state index contributed by atoms with van der Waals surface area (Å²) in [7, 11) is 2.03. The second kappa shape index (κ2) is 4.27. The molecule has 1 aromatic heterocycles. The van der Waals surface area contributed by atoms with E-state index in [1.807, 2.05) is 25.2 Å². The minimum absolute atomic E-state index is 0.865. The molecule has 0 saturated carbocycles. The first-order valence-corrected chi connectivity index (χ1v) is 6.86. The van der Waals surface area contributed by atoms with Gasteiger partial charge in [-0.1, -0.05) is 18.2 Å². The first-order valence-electron chi connectivity index (χ1n) is 6.86. The lowest BCUT2D eigenvalue weighted by Gasteiger charge is -2.08. The molecule has 4 nitrogen and oxygen atoms in total. The number of hydrogen-bond donors (Lipinski definition) is 2. The van der Waals surface area contributed by atoms with Gasteiger partial charge >= 0.3 is 0 Å². The number of nitrogens with zero attached hydrogens (tertiary/aromatic N) is 2. The zero-order valence-electron chi connectivity index (χ0n) is 11.4. The third kappa shape index (κ3) is 1.72. The van der Waals surface area contributed by atoms with Crippen molar-refractivity contribution in [3.63, 3.8) is 0 Å². The predicted molar refractivity (Wildman–Crippen MR) is 82.6 cm³/mol. The van der Waals surface area contributed by atoms with E-state index in [-0.39, 0.29) is 0 Å². The number of aromatic nitrogens is 2. The summed E-state index contributed by atoms with van der Waals surface area (Å²) in [6, 6.07) is 14.6. The maximum Gasteiger partial charge on any atom is 0.208 e. The Morgan fingerprint density at radius 3 is 3.00 bits per heavy atom. The molecule has 100 valence electrons. The number of para-hydroxylation sites is 2. The summed E-state index contributed by atoms with van der Waals surface area (Å²) in [5.41, 5.74) is 5.83. The van der Waals surface area contributed by atoms with Gasteiger partial charge in [0.1, 0.15) is 0 Å². The van der Waals surface area contributed by atoms with Crippen LogP contribution in [0.15, 0.2) is 42.5 Å². The Hall–Kier alpha value is -2.49. The number of rotatable bonds is 2. The average molecular weight is 264 g/mol. The maximum absolute atomic E-state index is 4.63. The molecule has 0 aliphatic carbocycles. The topological polar surface area (TPSA) is 41.9 Å². The first kappa shape index (κ1) is 11.3. The van der Waals surface area contributed by atoms with E-state index in [0.717, 1.165) is 35.6 Å². The zero-order valence-corrected chi connectivity index (χ0v) is 11.4. The molecule has 3 aromatic rings. The van der Waals surface area contributed by atoms with Crippen LogP contribution in [0.4, 0.5) is 17.3 Å². The van der Waals surface area contributed by atoms with Crippen molar-refractivity contribution in [3.8, 4) is 0 Å². The Balaban J connectivity index is 1.72. The van der Waals surface area contributed by atoms with E-state index in [0.29, 0.717) is 0 Å². The van der Waals surface area contributed by atoms with Crippen molar-refractivity contribution in [1.29, 1.82) is 0 Å². The van der Waals surface area contributed by atoms with Gasteiger partial charge in [-0.05, 0) is 36.2 Å². The van der Waals surface area contributed by atoms with Crippen LogP contribution in [0, 0.1) is 0 Å². The zero-order chi connectivity index (χ0) is 13.5. The van der Waals surface area contributed by atoms with Gasteiger partial charge in [0.15, 0.2) is 0 Å². The Morgan fingerprint density at radius 2 is 2.10 bits per heavy atom. The molecule has 2 aromatic carbocycles. The molecule has 0 fully saturated rings. The molecule has 0 bridgehead atoms. The summed E-state index contributed by atoms with van der Waals surface area (Å²) < 4.78 is 2.08. The Labute approximate surface area is 117 Å². The lowest BCUT2D eigenvalue weighted by molar-refractivity contribution is 0.958. The first-order chi connectivity index (χ1) is 9.81. The number of aryl methyl sites for hydroxylation is 1. The lowest BCUT2D eigenvalue weighted by atomic mass is 10.1. The van der Waals surface area contributed by atoms with Crippen LogP contribution in [0.25, 0.3) is 11.0 Å². The number of hydrogen-bond acceptors (Lipinski definition) is 3. The molecule has 0 amide bonds. The number of nitrogens with one attached hydrogen (secondary N) is 2. The number of benzene rings is 2. The summed E-state index contributed by atoms with van der Waals surface area (Å²) >= 11 is 0. The van der Waals surface area contributed by atoms with Crippen LogP contribution in [-0.2, 0) is 13.5 Å². The molecule has 0 unspecified atom stereocenters. The highest BCUT2D eigenvalue weighted by atomic mass is 15.2. The van der Waals surface area contributed by atoms with Gasteiger partial charge in [0, 0.05) is 25.0 Å². The van der Waals surface area contributed by atoms with Gasteiger partial charge in [0.2, 0.25) is 5.95 Å². The normalized spacial score (nSPS) is 13.2. The SMILES string of the molecule is Cn1c(Nc2ccc3c(c2)NCC3)nc2ccccc21. The van der Waals surface area contributed by atoms with Crippen LogP contribution in [-0.4, -0.2) is 16.1 Å². The summed E-state index contributed by atoms with van der Waals surface area (Å²) in [6.07, 6.45) is 1.11. The Kier molecular flexibility index (Phi) is 2.42. The molecule has 2 heterocycles. The maximum atomic E-state index is 4.63. The molecule has 1 aliphatic heterocycles. The van der Waals surface area contributed by atoms with Gasteiger partial charge < -0.3 is 15.2 Å². The fraction of sp³-hybridized carbons (Fsp3) is 0.188. The van der Waals surface area contributed by atoms with Crippen molar-refractivity contribution in [2.45, 2.75) is 6.42 Å². The molecule has 1 aliphatic rings. The highest BCUT2D eigenvalue weighted by Crippen LogP contribution is 2.28. The van der Waals surface area contributed by atoms with Crippen LogP contribution < -0.4 is 10.6 Å². The predicted octanol–water partition coefficient (Wildman–Crippen LogP) is 3.28. The molecule has 0 spiro atoms. The Bertz CT molecular complexity index is 788. The molecule has 0 saturated heterocycles. The number of fused-ring (bicyclic) bond motifs is 2. The van der Waals surface area contributed by atoms with Gasteiger partial charge in [0.05, 0.1) is 11.0 Å². The van der Waals surface area contributed by atoms with E-state index in [2.05, 4.69) is 44.5 Å². The molecule has 2 N–H and O–H groups in total. The van der Waals surface area contributed by atoms with Crippen LogP contribution in [0.5, 0.6) is 0 Å². The third-order valence-electron chi connectivity index (χ3n) is 3.86.